The number of pyridine rings is 1. The first-order valence-electron chi connectivity index (χ1n) is 6.50. The Morgan fingerprint density at radius 2 is 1.95 bits per heavy atom. The van der Waals surface area contributed by atoms with Crippen molar-refractivity contribution in [1.29, 1.82) is 0 Å². The number of nitrogens with one attached hydrogen (secondary N) is 1. The molecule has 100 valence electrons. The molecule has 0 radical (unpaired) electrons. The third-order valence-electron chi connectivity index (χ3n) is 3.21. The summed E-state index contributed by atoms with van der Waals surface area (Å²) in [6, 6.07) is 12.9. The van der Waals surface area contributed by atoms with Crippen molar-refractivity contribution in [3.05, 3.63) is 65.5 Å². The van der Waals surface area contributed by atoms with Crippen molar-refractivity contribution in [1.82, 2.24) is 10.3 Å². The van der Waals surface area contributed by atoms with Crippen LogP contribution in [0.5, 0.6) is 0 Å². The number of methoxy groups -OCH3 is 1. The van der Waals surface area contributed by atoms with Crippen molar-refractivity contribution in [2.24, 2.45) is 0 Å². The molecule has 0 aliphatic carbocycles. The van der Waals surface area contributed by atoms with Gasteiger partial charge < -0.3 is 10.1 Å². The topological polar surface area (TPSA) is 34.1 Å². The summed E-state index contributed by atoms with van der Waals surface area (Å²) in [6.07, 6.45) is 4.65. The van der Waals surface area contributed by atoms with E-state index in [4.69, 9.17) is 4.74 Å². The minimum Gasteiger partial charge on any atom is -0.384 e. The highest BCUT2D eigenvalue weighted by Crippen LogP contribution is 2.21. The normalized spacial score (nSPS) is 12.3. The Bertz CT molecular complexity index is 482. The average Bonchev–Trinajstić information content (AvgIpc) is 2.48. The Kier molecular flexibility index (Phi) is 5.07. The molecule has 19 heavy (non-hydrogen) atoms. The second-order valence-corrected chi connectivity index (χ2v) is 4.49. The van der Waals surface area contributed by atoms with Crippen LogP contribution in [0.2, 0.25) is 0 Å². The van der Waals surface area contributed by atoms with Gasteiger partial charge in [0.25, 0.3) is 0 Å². The van der Waals surface area contributed by atoms with E-state index in [2.05, 4.69) is 40.6 Å². The first-order valence-corrected chi connectivity index (χ1v) is 6.50. The van der Waals surface area contributed by atoms with E-state index in [9.17, 15) is 0 Å². The number of aromatic nitrogens is 1. The lowest BCUT2D eigenvalue weighted by molar-refractivity contribution is 0.202. The van der Waals surface area contributed by atoms with Crippen LogP contribution in [0.4, 0.5) is 0 Å². The molecule has 2 aromatic rings. The molecule has 0 saturated carbocycles. The van der Waals surface area contributed by atoms with Crippen LogP contribution >= 0.6 is 0 Å². The lowest BCUT2D eigenvalue weighted by Crippen LogP contribution is -2.17. The lowest BCUT2D eigenvalue weighted by atomic mass is 9.99. The predicted octanol–water partition coefficient (Wildman–Crippen LogP) is 2.58. The smallest absolute Gasteiger partial charge is 0.0589 e. The van der Waals surface area contributed by atoms with Crippen molar-refractivity contribution in [3.63, 3.8) is 0 Å². The number of nitrogens with zero attached hydrogens (tertiary/aromatic N) is 1. The highest BCUT2D eigenvalue weighted by molar-refractivity contribution is 5.32. The fourth-order valence-corrected chi connectivity index (χ4v) is 2.17. The van der Waals surface area contributed by atoms with Crippen molar-refractivity contribution in [3.8, 4) is 0 Å². The molecular weight excluding hydrogens is 236 g/mol. The first kappa shape index (κ1) is 13.7. The molecule has 0 aliphatic rings. The van der Waals surface area contributed by atoms with Gasteiger partial charge in [-0.15, -0.1) is 0 Å². The maximum atomic E-state index is 5.09. The summed E-state index contributed by atoms with van der Waals surface area (Å²) in [5, 5.41) is 3.33. The molecule has 1 unspecified atom stereocenters. The van der Waals surface area contributed by atoms with E-state index in [1.807, 2.05) is 19.3 Å². The molecule has 3 heteroatoms. The zero-order valence-corrected chi connectivity index (χ0v) is 11.5. The van der Waals surface area contributed by atoms with Crippen molar-refractivity contribution >= 4 is 0 Å². The second kappa shape index (κ2) is 7.02. The minimum atomic E-state index is 0.185. The van der Waals surface area contributed by atoms with Crippen molar-refractivity contribution < 1.29 is 4.74 Å². The zero-order chi connectivity index (χ0) is 13.5. The maximum absolute atomic E-state index is 5.09. The molecule has 0 saturated heterocycles. The molecule has 1 aromatic heterocycles. The first-order chi connectivity index (χ1) is 9.35. The summed E-state index contributed by atoms with van der Waals surface area (Å²) >= 11 is 0. The van der Waals surface area contributed by atoms with E-state index in [1.165, 1.54) is 16.7 Å². The van der Waals surface area contributed by atoms with Crippen LogP contribution in [0.25, 0.3) is 0 Å². The molecule has 1 N–H and O–H groups in total. The van der Waals surface area contributed by atoms with Gasteiger partial charge in [0.15, 0.2) is 0 Å². The average molecular weight is 256 g/mol. The van der Waals surface area contributed by atoms with Gasteiger partial charge in [-0.05, 0) is 36.2 Å². The molecule has 0 fully saturated rings. The van der Waals surface area contributed by atoms with Crippen LogP contribution in [-0.4, -0.2) is 25.7 Å². The van der Waals surface area contributed by atoms with E-state index in [1.54, 1.807) is 13.3 Å². The van der Waals surface area contributed by atoms with Gasteiger partial charge in [0, 0.05) is 19.5 Å². The highest BCUT2D eigenvalue weighted by atomic mass is 16.5. The SMILES string of the molecule is CNC(c1ccc(CCOC)cc1)c1cccnc1. The molecule has 0 aliphatic heterocycles. The van der Waals surface area contributed by atoms with Crippen molar-refractivity contribution in [2.75, 3.05) is 20.8 Å². The van der Waals surface area contributed by atoms with Gasteiger partial charge in [-0.25, -0.2) is 0 Å². The van der Waals surface area contributed by atoms with Gasteiger partial charge in [0.05, 0.1) is 12.6 Å². The van der Waals surface area contributed by atoms with Gasteiger partial charge in [-0.2, -0.15) is 0 Å². The zero-order valence-electron chi connectivity index (χ0n) is 11.5. The molecule has 1 heterocycles. The second-order valence-electron chi connectivity index (χ2n) is 4.49. The van der Waals surface area contributed by atoms with Crippen LogP contribution < -0.4 is 5.32 Å². The van der Waals surface area contributed by atoms with Crippen LogP contribution in [0.1, 0.15) is 22.7 Å². The summed E-state index contributed by atoms with van der Waals surface area (Å²) in [6.45, 7) is 0.761. The Labute approximate surface area is 114 Å². The summed E-state index contributed by atoms with van der Waals surface area (Å²) in [4.78, 5) is 4.18. The number of hydrogen-bond acceptors (Lipinski definition) is 3. The van der Waals surface area contributed by atoms with Gasteiger partial charge in [0.1, 0.15) is 0 Å². The molecule has 3 nitrogen and oxygen atoms in total. The monoisotopic (exact) mass is 256 g/mol. The third-order valence-corrected chi connectivity index (χ3v) is 3.21. The molecule has 0 amide bonds. The standard InChI is InChI=1S/C16H20N2O/c1-17-16(15-4-3-10-18-12-15)14-7-5-13(6-8-14)9-11-19-2/h3-8,10,12,16-17H,9,11H2,1-2H3. The molecule has 1 aromatic carbocycles. The largest absolute Gasteiger partial charge is 0.384 e. The number of hydrogen-bond donors (Lipinski definition) is 1. The van der Waals surface area contributed by atoms with E-state index in [0.717, 1.165) is 13.0 Å². The summed E-state index contributed by atoms with van der Waals surface area (Å²) in [5.74, 6) is 0. The van der Waals surface area contributed by atoms with Crippen LogP contribution in [0, 0.1) is 0 Å². The third kappa shape index (κ3) is 3.63. The molecule has 0 spiro atoms. The molecule has 1 atom stereocenters. The molecular formula is C16H20N2O. The lowest BCUT2D eigenvalue weighted by Gasteiger charge is -2.17. The maximum Gasteiger partial charge on any atom is 0.0589 e. The van der Waals surface area contributed by atoms with E-state index in [-0.39, 0.29) is 6.04 Å². The Hall–Kier alpha value is -1.71. The Morgan fingerprint density at radius 3 is 2.53 bits per heavy atom. The van der Waals surface area contributed by atoms with Crippen LogP contribution in [-0.2, 0) is 11.2 Å². The molecule has 0 bridgehead atoms. The minimum absolute atomic E-state index is 0.185. The van der Waals surface area contributed by atoms with E-state index < -0.39 is 0 Å². The number of ether oxygens (including phenoxy) is 1. The van der Waals surface area contributed by atoms with Gasteiger partial charge in [-0.3, -0.25) is 4.98 Å². The number of benzene rings is 1. The predicted molar refractivity (Wildman–Crippen MR) is 77.2 cm³/mol. The highest BCUT2D eigenvalue weighted by Gasteiger charge is 2.11. The van der Waals surface area contributed by atoms with Crippen molar-refractivity contribution in [2.45, 2.75) is 12.5 Å². The van der Waals surface area contributed by atoms with Crippen LogP contribution in [0.15, 0.2) is 48.8 Å². The van der Waals surface area contributed by atoms with Gasteiger partial charge in [-0.1, -0.05) is 30.3 Å². The Balaban J connectivity index is 2.15. The number of rotatable bonds is 6. The quantitative estimate of drug-likeness (QED) is 0.862. The summed E-state index contributed by atoms with van der Waals surface area (Å²) in [7, 11) is 3.70. The Morgan fingerprint density at radius 1 is 1.16 bits per heavy atom. The fourth-order valence-electron chi connectivity index (χ4n) is 2.17. The van der Waals surface area contributed by atoms with E-state index in [0.29, 0.717) is 0 Å². The van der Waals surface area contributed by atoms with Gasteiger partial charge >= 0.3 is 0 Å². The molecule has 2 rings (SSSR count). The van der Waals surface area contributed by atoms with Gasteiger partial charge in [0.2, 0.25) is 0 Å². The van der Waals surface area contributed by atoms with Crippen LogP contribution in [0.3, 0.4) is 0 Å². The fraction of sp³-hybridized carbons (Fsp3) is 0.312. The van der Waals surface area contributed by atoms with E-state index >= 15 is 0 Å². The summed E-state index contributed by atoms with van der Waals surface area (Å²) in [5.41, 5.74) is 3.72. The summed E-state index contributed by atoms with van der Waals surface area (Å²) < 4.78 is 5.09.